The second-order valence-corrected chi connectivity index (χ2v) is 6.39. The lowest BCUT2D eigenvalue weighted by Gasteiger charge is -2.38. The van der Waals surface area contributed by atoms with Gasteiger partial charge in [0.15, 0.2) is 11.5 Å². The van der Waals surface area contributed by atoms with Crippen LogP contribution in [0, 0.1) is 23.7 Å². The van der Waals surface area contributed by atoms with Gasteiger partial charge in [0.25, 0.3) is 0 Å². The number of amides is 2. The summed E-state index contributed by atoms with van der Waals surface area (Å²) in [5, 5.41) is 0. The van der Waals surface area contributed by atoms with Crippen molar-refractivity contribution in [2.24, 2.45) is 23.7 Å². The monoisotopic (exact) mass is 297 g/mol. The van der Waals surface area contributed by atoms with Crippen molar-refractivity contribution in [3.63, 3.8) is 0 Å². The average molecular weight is 297 g/mol. The van der Waals surface area contributed by atoms with Crippen LogP contribution in [0.25, 0.3) is 0 Å². The first-order valence-corrected chi connectivity index (χ1v) is 7.70. The fraction of sp³-hybridized carbons (Fsp3) is 0.412. The number of hydrogen-bond donors (Lipinski definition) is 0. The number of anilines is 1. The first-order valence-electron chi connectivity index (χ1n) is 7.70. The number of imide groups is 1. The summed E-state index contributed by atoms with van der Waals surface area (Å²) in [6, 6.07) is 5.24. The molecule has 6 rings (SSSR count). The molecule has 2 amide bonds. The Morgan fingerprint density at radius 1 is 0.909 bits per heavy atom. The van der Waals surface area contributed by atoms with Crippen LogP contribution in [0.2, 0.25) is 0 Å². The fourth-order valence-corrected chi connectivity index (χ4v) is 4.35. The number of nitrogens with zero attached hydrogens (tertiary/aromatic N) is 1. The van der Waals surface area contributed by atoms with Crippen molar-refractivity contribution in [1.29, 1.82) is 0 Å². The molecule has 0 radical (unpaired) electrons. The highest BCUT2D eigenvalue weighted by Crippen LogP contribution is 2.51. The van der Waals surface area contributed by atoms with E-state index < -0.39 is 0 Å². The van der Waals surface area contributed by atoms with Crippen molar-refractivity contribution in [3.8, 4) is 11.5 Å². The summed E-state index contributed by atoms with van der Waals surface area (Å²) in [6.45, 7) is 0.181. The number of carbonyl (C=O) groups is 2. The van der Waals surface area contributed by atoms with Gasteiger partial charge in [-0.25, -0.2) is 4.90 Å². The van der Waals surface area contributed by atoms with Crippen LogP contribution in [0.5, 0.6) is 11.5 Å². The highest BCUT2D eigenvalue weighted by atomic mass is 16.7. The Morgan fingerprint density at radius 2 is 1.55 bits per heavy atom. The van der Waals surface area contributed by atoms with Crippen molar-refractivity contribution in [1.82, 2.24) is 0 Å². The van der Waals surface area contributed by atoms with Crippen LogP contribution in [0.1, 0.15) is 12.8 Å². The van der Waals surface area contributed by atoms with Gasteiger partial charge in [0.1, 0.15) is 0 Å². The van der Waals surface area contributed by atoms with E-state index in [1.165, 1.54) is 4.90 Å². The molecule has 22 heavy (non-hydrogen) atoms. The van der Waals surface area contributed by atoms with E-state index in [9.17, 15) is 9.59 Å². The van der Waals surface area contributed by atoms with Crippen molar-refractivity contribution in [2.45, 2.75) is 12.8 Å². The summed E-state index contributed by atoms with van der Waals surface area (Å²) in [6.07, 6.45) is 6.28. The van der Waals surface area contributed by atoms with Gasteiger partial charge in [-0.3, -0.25) is 9.59 Å². The zero-order valence-corrected chi connectivity index (χ0v) is 11.9. The zero-order chi connectivity index (χ0) is 14.8. The van der Waals surface area contributed by atoms with Crippen LogP contribution in [0.3, 0.4) is 0 Å². The lowest BCUT2D eigenvalue weighted by molar-refractivity contribution is -0.124. The van der Waals surface area contributed by atoms with Gasteiger partial charge in [0.05, 0.1) is 17.5 Å². The van der Waals surface area contributed by atoms with Gasteiger partial charge in [-0.1, -0.05) is 12.2 Å². The normalized spacial score (nSPS) is 34.5. The molecule has 2 heterocycles. The Hall–Kier alpha value is -2.30. The molecule has 2 aliphatic heterocycles. The topological polar surface area (TPSA) is 55.8 Å². The molecule has 0 N–H and O–H groups in total. The third-order valence-electron chi connectivity index (χ3n) is 5.37. The third kappa shape index (κ3) is 1.43. The molecule has 0 unspecified atom stereocenters. The van der Waals surface area contributed by atoms with Crippen LogP contribution < -0.4 is 14.4 Å². The number of benzene rings is 1. The van der Waals surface area contributed by atoms with E-state index in [0.717, 1.165) is 12.8 Å². The molecule has 5 nitrogen and oxygen atoms in total. The lowest BCUT2D eigenvalue weighted by atomic mass is 9.63. The molecule has 0 spiro atoms. The van der Waals surface area contributed by atoms with Gasteiger partial charge in [-0.15, -0.1) is 0 Å². The largest absolute Gasteiger partial charge is 0.454 e. The number of fused-ring (bicyclic) bond motifs is 2. The van der Waals surface area contributed by atoms with Gasteiger partial charge >= 0.3 is 0 Å². The smallest absolute Gasteiger partial charge is 0.238 e. The fourth-order valence-electron chi connectivity index (χ4n) is 4.35. The molecule has 1 aromatic carbocycles. The van der Waals surface area contributed by atoms with E-state index in [1.54, 1.807) is 18.2 Å². The van der Waals surface area contributed by atoms with Crippen LogP contribution in [0.15, 0.2) is 30.4 Å². The number of rotatable bonds is 1. The van der Waals surface area contributed by atoms with Crippen LogP contribution in [-0.4, -0.2) is 18.6 Å². The van der Waals surface area contributed by atoms with Crippen molar-refractivity contribution < 1.29 is 19.1 Å². The minimum atomic E-state index is -0.179. The Bertz CT molecular complexity index is 693. The minimum absolute atomic E-state index is 0.0621. The molecule has 2 bridgehead atoms. The summed E-state index contributed by atoms with van der Waals surface area (Å²) < 4.78 is 10.6. The van der Waals surface area contributed by atoms with E-state index in [0.29, 0.717) is 17.2 Å². The Labute approximate surface area is 127 Å². The molecule has 1 saturated heterocycles. The average Bonchev–Trinajstić information content (AvgIpc) is 3.12. The highest BCUT2D eigenvalue weighted by molar-refractivity contribution is 6.22. The maximum atomic E-state index is 12.8. The van der Waals surface area contributed by atoms with Crippen LogP contribution in [0.4, 0.5) is 5.69 Å². The van der Waals surface area contributed by atoms with E-state index in [4.69, 9.17) is 9.47 Å². The third-order valence-corrected chi connectivity index (χ3v) is 5.37. The number of ether oxygens (including phenoxy) is 2. The van der Waals surface area contributed by atoms with Gasteiger partial charge in [-0.2, -0.15) is 0 Å². The molecule has 4 atom stereocenters. The minimum Gasteiger partial charge on any atom is -0.454 e. The molecule has 1 aromatic rings. The van der Waals surface area contributed by atoms with E-state index in [1.807, 2.05) is 0 Å². The van der Waals surface area contributed by atoms with Crippen LogP contribution in [-0.2, 0) is 9.59 Å². The first-order chi connectivity index (χ1) is 10.7. The molecule has 1 saturated carbocycles. The quantitative estimate of drug-likeness (QED) is 0.588. The van der Waals surface area contributed by atoms with Gasteiger partial charge < -0.3 is 9.47 Å². The van der Waals surface area contributed by atoms with E-state index in [2.05, 4.69) is 12.2 Å². The van der Waals surface area contributed by atoms with E-state index >= 15 is 0 Å². The van der Waals surface area contributed by atoms with E-state index in [-0.39, 0.29) is 42.3 Å². The number of hydrogen-bond acceptors (Lipinski definition) is 4. The number of allylic oxidation sites excluding steroid dienone is 2. The summed E-state index contributed by atoms with van der Waals surface area (Å²) in [7, 11) is 0. The first kappa shape index (κ1) is 12.3. The summed E-state index contributed by atoms with van der Waals surface area (Å²) in [4.78, 5) is 27.0. The van der Waals surface area contributed by atoms with Gasteiger partial charge in [-0.05, 0) is 36.8 Å². The van der Waals surface area contributed by atoms with Crippen molar-refractivity contribution >= 4 is 17.5 Å². The second-order valence-electron chi connectivity index (χ2n) is 6.39. The molecular formula is C17H15NO4. The van der Waals surface area contributed by atoms with Gasteiger partial charge in [0, 0.05) is 6.07 Å². The highest BCUT2D eigenvalue weighted by Gasteiger charge is 2.56. The molecule has 112 valence electrons. The Balaban J connectivity index is 1.56. The summed E-state index contributed by atoms with van der Waals surface area (Å²) >= 11 is 0. The zero-order valence-electron chi connectivity index (χ0n) is 11.9. The maximum Gasteiger partial charge on any atom is 0.238 e. The molecule has 3 aliphatic carbocycles. The lowest BCUT2D eigenvalue weighted by Crippen LogP contribution is -2.38. The Kier molecular flexibility index (Phi) is 2.30. The maximum absolute atomic E-state index is 12.8. The molecule has 0 aromatic heterocycles. The SMILES string of the molecule is O=C1[C@@H]2[C@@H](C(=O)N1c1ccc3c(c1)OCO3)[C@H]1C=C[C@H]2CC1. The molecule has 2 fully saturated rings. The van der Waals surface area contributed by atoms with Crippen molar-refractivity contribution in [2.75, 3.05) is 11.7 Å². The summed E-state index contributed by atoms with van der Waals surface area (Å²) in [5.74, 6) is 1.19. The van der Waals surface area contributed by atoms with Gasteiger partial charge in [0.2, 0.25) is 18.6 Å². The predicted molar refractivity (Wildman–Crippen MR) is 77.4 cm³/mol. The second kappa shape index (κ2) is 4.12. The molecule has 5 aliphatic rings. The van der Waals surface area contributed by atoms with Crippen LogP contribution >= 0.6 is 0 Å². The standard InChI is InChI=1S/C17H15NO4/c19-16-14-9-1-2-10(4-3-9)15(14)17(20)18(16)11-5-6-12-13(7-11)22-8-21-12/h1-2,5-7,9-10,14-15H,3-4,8H2/t9-,10-,14-,15-/m0/s1. The number of carbonyl (C=O) groups excluding carboxylic acids is 2. The predicted octanol–water partition coefficient (Wildman–Crippen LogP) is 2.12. The molecule has 5 heteroatoms. The van der Waals surface area contributed by atoms with Crippen molar-refractivity contribution in [3.05, 3.63) is 30.4 Å². The Morgan fingerprint density at radius 3 is 2.18 bits per heavy atom. The molecular weight excluding hydrogens is 282 g/mol. The summed E-state index contributed by atoms with van der Waals surface area (Å²) in [5.41, 5.74) is 0.591.